The Kier molecular flexibility index (Phi) is 13.3. The molecule has 0 radical (unpaired) electrons. The monoisotopic (exact) mass is 987 g/mol. The Morgan fingerprint density at radius 3 is 2.28 bits per heavy atom. The molecule has 0 bridgehead atoms. The van der Waals surface area contributed by atoms with Crippen molar-refractivity contribution in [3.05, 3.63) is 45.3 Å². The molecule has 11 N–H and O–H groups in total. The van der Waals surface area contributed by atoms with Crippen LogP contribution in [-0.4, -0.2) is 126 Å². The number of nitrogens with one attached hydrogen (secondary N) is 3. The average Bonchev–Trinajstić information content (AvgIpc) is 3.98. The molecule has 12 atom stereocenters. The number of nitrogen functional groups attached to an aromatic ring is 2. The van der Waals surface area contributed by atoms with Gasteiger partial charge in [-0.25, -0.2) is 13.9 Å². The molecule has 352 valence electrons. The summed E-state index contributed by atoms with van der Waals surface area (Å²) in [5, 5.41) is 51.3. The molecule has 0 saturated carbocycles. The molecule has 64 heavy (non-hydrogen) atoms. The van der Waals surface area contributed by atoms with Gasteiger partial charge in [-0.05, 0) is 0 Å². The summed E-state index contributed by atoms with van der Waals surface area (Å²) in [4.78, 5) is 90.5. The first-order valence-electron chi connectivity index (χ1n) is 17.9. The number of phosphoric acid groups is 2. The number of aryl methyl sites for hydroxylation is 1. The van der Waals surface area contributed by atoms with E-state index in [0.717, 1.165) is 21.8 Å². The van der Waals surface area contributed by atoms with Crippen LogP contribution in [0.3, 0.4) is 0 Å². The first kappa shape index (κ1) is 47.7. The molecule has 7 heterocycles. The van der Waals surface area contributed by atoms with Gasteiger partial charge in [-0.3, -0.25) is 56.5 Å². The molecule has 6 unspecified atom stereocenters. The summed E-state index contributed by atoms with van der Waals surface area (Å²) < 4.78 is 82.6. The van der Waals surface area contributed by atoms with Gasteiger partial charge in [-0.15, -0.1) is 5.10 Å². The Morgan fingerprint density at radius 2 is 1.55 bits per heavy atom. The molecule has 0 aromatic carbocycles. The maximum Gasteiger partial charge on any atom is 0.313 e. The number of rotatable bonds is 18. The van der Waals surface area contributed by atoms with E-state index < -0.39 is 123 Å². The number of hydrogen-bond acceptors (Lipinski definition) is 27. The van der Waals surface area contributed by atoms with Gasteiger partial charge >= 0.3 is 5.65 Å². The van der Waals surface area contributed by atoms with E-state index in [1.807, 2.05) is 0 Å². The lowest BCUT2D eigenvalue weighted by Crippen LogP contribution is -2.46. The van der Waals surface area contributed by atoms with Crippen molar-refractivity contribution in [2.75, 3.05) is 31.2 Å². The minimum Gasteiger partial charge on any atom is -0.778 e. The fourth-order valence-electron chi connectivity index (χ4n) is 6.52. The van der Waals surface area contributed by atoms with Gasteiger partial charge in [0, 0.05) is 12.7 Å². The summed E-state index contributed by atoms with van der Waals surface area (Å²) in [5.41, 5.74) is 9.03. The second-order valence-corrected chi connectivity index (χ2v) is 20.4. The lowest BCUT2D eigenvalue weighted by atomic mass is 10.1. The molecule has 34 nitrogen and oxygen atoms in total. The minimum atomic E-state index is -6.28. The van der Waals surface area contributed by atoms with Crippen molar-refractivity contribution in [1.82, 2.24) is 54.1 Å². The van der Waals surface area contributed by atoms with Crippen molar-refractivity contribution in [2.45, 2.75) is 61.8 Å². The number of aromatic amines is 2. The van der Waals surface area contributed by atoms with Crippen LogP contribution in [0.4, 0.5) is 11.9 Å². The Labute approximate surface area is 354 Å². The van der Waals surface area contributed by atoms with E-state index in [9.17, 15) is 67.8 Å². The zero-order valence-electron chi connectivity index (χ0n) is 32.2. The van der Waals surface area contributed by atoms with Gasteiger partial charge in [-0.1, -0.05) is 10.2 Å². The maximum atomic E-state index is 12.6. The molecule has 2 aliphatic rings. The van der Waals surface area contributed by atoms with E-state index >= 15 is 0 Å². The van der Waals surface area contributed by atoms with Gasteiger partial charge in [0.05, 0.1) is 45.0 Å². The topological polar surface area (TPSA) is 510 Å². The fourth-order valence-corrected chi connectivity index (χ4v) is 11.2. The second kappa shape index (κ2) is 17.9. The van der Waals surface area contributed by atoms with Gasteiger partial charge in [0.25, 0.3) is 32.7 Å². The van der Waals surface area contributed by atoms with E-state index in [0.29, 0.717) is 0 Å². The van der Waals surface area contributed by atoms with Crippen LogP contribution >= 0.6 is 31.0 Å². The van der Waals surface area contributed by atoms with E-state index in [1.54, 1.807) is 0 Å². The van der Waals surface area contributed by atoms with E-state index in [1.165, 1.54) is 22.5 Å². The molecule has 2 aliphatic heterocycles. The second-order valence-electron chi connectivity index (χ2n) is 13.9. The van der Waals surface area contributed by atoms with Crippen LogP contribution in [0.25, 0.3) is 22.3 Å². The SMILES string of the molecule is Cn1c[n+]([C@@H]2O[C@H](COP(=O)([O-])NCCn3cc(CP(=O)([O-])OP(=O)([O-])OP(=O)([O-])OC[C@H]4O[C@@H](n5cnc6c(=O)[nH]c(N)nc65)[C@@H](O)C4O)nn3)C(O)[C@@H]2O)c2nc(N)[nH]c(=O)c21. The molecular weight excluding hydrogens is 952 g/mol. The van der Waals surface area contributed by atoms with Crippen molar-refractivity contribution in [2.24, 2.45) is 7.05 Å². The van der Waals surface area contributed by atoms with Crippen LogP contribution < -0.4 is 51.8 Å². The summed E-state index contributed by atoms with van der Waals surface area (Å²) in [5.74, 6) is -0.573. The molecule has 0 spiro atoms. The van der Waals surface area contributed by atoms with Crippen LogP contribution in [0.15, 0.2) is 28.4 Å². The molecule has 2 saturated heterocycles. The van der Waals surface area contributed by atoms with Gasteiger partial charge in [0.1, 0.15) is 44.2 Å². The van der Waals surface area contributed by atoms with Crippen LogP contribution in [0.2, 0.25) is 0 Å². The summed E-state index contributed by atoms with van der Waals surface area (Å²) >= 11 is 0. The van der Waals surface area contributed by atoms with Crippen molar-refractivity contribution in [3.63, 3.8) is 0 Å². The van der Waals surface area contributed by atoms with Crippen LogP contribution in [0.5, 0.6) is 0 Å². The third-order valence-electron chi connectivity index (χ3n) is 9.28. The smallest absolute Gasteiger partial charge is 0.313 e. The number of ether oxygens (including phenoxy) is 2. The summed E-state index contributed by atoms with van der Waals surface area (Å²) in [7, 11) is -21.3. The van der Waals surface area contributed by atoms with E-state index in [2.05, 4.69) is 53.5 Å². The van der Waals surface area contributed by atoms with Crippen LogP contribution in [-0.2, 0) is 65.2 Å². The molecule has 5 aromatic heterocycles. The highest BCUT2D eigenvalue weighted by molar-refractivity contribution is 7.66. The first-order chi connectivity index (χ1) is 29.8. The highest BCUT2D eigenvalue weighted by atomic mass is 31.3. The number of aliphatic hydroxyl groups is 4. The molecule has 7 rings (SSSR count). The Hall–Kier alpha value is -4.24. The van der Waals surface area contributed by atoms with Gasteiger partial charge in [0.2, 0.25) is 25.4 Å². The predicted octanol–water partition coefficient (Wildman–Crippen LogP) is -7.51. The summed E-state index contributed by atoms with van der Waals surface area (Å²) in [6, 6.07) is 0. The highest BCUT2D eigenvalue weighted by Gasteiger charge is 2.48. The first-order valence-corrected chi connectivity index (χ1v) is 24.1. The number of nitrogens with two attached hydrogens (primary N) is 2. The van der Waals surface area contributed by atoms with Crippen LogP contribution in [0, 0.1) is 0 Å². The van der Waals surface area contributed by atoms with Crippen molar-refractivity contribution < 1.29 is 90.0 Å². The number of imidazole rings is 2. The maximum absolute atomic E-state index is 12.6. The van der Waals surface area contributed by atoms with Gasteiger partial charge < -0.3 is 74.6 Å². The number of phosphoric ester groups is 1. The Bertz CT molecular complexity index is 2870. The Morgan fingerprint density at radius 1 is 0.891 bits per heavy atom. The molecular formula is C26H35N14O20P4-3. The average molecular weight is 988 g/mol. The van der Waals surface area contributed by atoms with Crippen LogP contribution in [0.1, 0.15) is 18.1 Å². The largest absolute Gasteiger partial charge is 0.778 e. The van der Waals surface area contributed by atoms with Gasteiger partial charge in [0.15, 0.2) is 23.7 Å². The number of H-pyrrole nitrogens is 2. The zero-order valence-corrected chi connectivity index (χ0v) is 35.8. The third-order valence-corrected chi connectivity index (χ3v) is 15.0. The van der Waals surface area contributed by atoms with Gasteiger partial charge in [-0.2, -0.15) is 4.98 Å². The van der Waals surface area contributed by atoms with E-state index in [-0.39, 0.29) is 40.8 Å². The summed E-state index contributed by atoms with van der Waals surface area (Å²) in [6.45, 7) is -2.73. The fraction of sp³-hybridized carbons (Fsp3) is 0.538. The molecule has 2 fully saturated rings. The van der Waals surface area contributed by atoms with E-state index in [4.69, 9.17) is 25.5 Å². The van der Waals surface area contributed by atoms with Crippen molar-refractivity contribution in [1.29, 1.82) is 0 Å². The molecule has 0 aliphatic carbocycles. The predicted molar refractivity (Wildman–Crippen MR) is 197 cm³/mol. The lowest BCUT2D eigenvalue weighted by Gasteiger charge is -2.34. The minimum absolute atomic E-state index is 0.00216. The van der Waals surface area contributed by atoms with Crippen molar-refractivity contribution >= 4 is 65.2 Å². The number of anilines is 2. The number of aromatic nitrogens is 11. The number of nitrogens with zero attached hydrogens (tertiary/aromatic N) is 9. The quantitative estimate of drug-likeness (QED) is 0.0291. The molecule has 5 aromatic rings. The number of hydrogen-bond donors (Lipinski definition) is 9. The van der Waals surface area contributed by atoms with Crippen molar-refractivity contribution in [3.8, 4) is 0 Å². The zero-order chi connectivity index (χ0) is 46.7. The molecule has 0 amide bonds. The molecule has 38 heteroatoms. The Balaban J connectivity index is 0.860. The number of fused-ring (bicyclic) bond motifs is 2. The normalized spacial score (nSPS) is 27.7. The lowest BCUT2D eigenvalue weighted by molar-refractivity contribution is -0.745. The number of aliphatic hydroxyl groups excluding tert-OH is 4. The summed E-state index contributed by atoms with van der Waals surface area (Å²) in [6.07, 6.45) is -10.9. The standard InChI is InChI=1S/C26H38N14O20P4/c1-37-9-40(20-14(37)22(46)34-26(28)32-20)24-18(44)15(41)11(58-24)5-55-62(49,50)30-2-3-38-4-10(35-36-38)7-61(47,48)59-64(53,54)60-63(51,52)56-6-12-16(42)17(43)23(57-12)39-8-29-13-19(39)31-25(27)33-21(13)45/h4,8-9,11-12,15-18,23-24,41-44H,2-3,5-7H2,1H3,(H10-,27,28,30,31,32,33,34,45,46,47,48,49,50,51,52,53,54)/p-3/t11-,12-,15?,16?,17+,18+,23-,24-/m1/s1. The third kappa shape index (κ3) is 10.4. The highest BCUT2D eigenvalue weighted by Crippen LogP contribution is 2.63.